The smallest absolute Gasteiger partial charge is 0.293 e. The topological polar surface area (TPSA) is 122 Å². The first kappa shape index (κ1) is 14.2. The molecular weight excluding hydrogens is 264 g/mol. The maximum Gasteiger partial charge on any atom is 0.293 e. The molecule has 8 nitrogen and oxygen atoms in total. The first-order valence-corrected chi connectivity index (χ1v) is 6.11. The van der Waals surface area contributed by atoms with Gasteiger partial charge in [0.15, 0.2) is 0 Å². The van der Waals surface area contributed by atoms with Crippen molar-refractivity contribution in [3.8, 4) is 0 Å². The second-order valence-corrected chi connectivity index (χ2v) is 5.11. The van der Waals surface area contributed by atoms with E-state index >= 15 is 0 Å². The Balaban J connectivity index is 2.25. The molecule has 1 saturated heterocycles. The molecule has 0 bridgehead atoms. The van der Waals surface area contributed by atoms with Gasteiger partial charge in [-0.2, -0.15) is 0 Å². The number of hydrogen-bond acceptors (Lipinski definition) is 6. The number of likely N-dealkylation sites (tertiary alicyclic amines) is 1. The van der Waals surface area contributed by atoms with E-state index in [1.165, 1.54) is 23.1 Å². The van der Waals surface area contributed by atoms with Gasteiger partial charge in [-0.1, -0.05) is 0 Å². The van der Waals surface area contributed by atoms with Crippen LogP contribution in [0, 0.1) is 10.1 Å². The summed E-state index contributed by atoms with van der Waals surface area (Å²) in [6, 6.07) is 3.96. The van der Waals surface area contributed by atoms with Crippen LogP contribution in [-0.4, -0.2) is 39.5 Å². The molecular formula is C12H16N4O4. The summed E-state index contributed by atoms with van der Waals surface area (Å²) in [6.45, 7) is 2.37. The van der Waals surface area contributed by atoms with E-state index < -0.39 is 10.5 Å². The molecule has 1 atom stereocenters. The van der Waals surface area contributed by atoms with E-state index in [2.05, 4.69) is 5.43 Å². The highest BCUT2D eigenvalue weighted by molar-refractivity contribution is 5.96. The van der Waals surface area contributed by atoms with Crippen LogP contribution in [-0.2, 0) is 0 Å². The number of nitrogens with one attached hydrogen (secondary N) is 1. The van der Waals surface area contributed by atoms with E-state index in [0.29, 0.717) is 18.5 Å². The molecule has 1 aliphatic heterocycles. The normalized spacial score (nSPS) is 21.9. The highest BCUT2D eigenvalue weighted by Gasteiger charge is 2.34. The number of nitrogens with zero attached hydrogens (tertiary/aromatic N) is 2. The number of nitrogens with two attached hydrogens (primary N) is 1. The van der Waals surface area contributed by atoms with Crippen LogP contribution >= 0.6 is 0 Å². The first-order chi connectivity index (χ1) is 9.34. The molecule has 0 aliphatic carbocycles. The summed E-state index contributed by atoms with van der Waals surface area (Å²) in [5.41, 5.74) is 1.51. The minimum Gasteiger partial charge on any atom is -0.388 e. The SMILES string of the molecule is CC1(O)CCN(C(=O)c2ccc([N+](=O)[O-])c(NN)c2)C1. The average molecular weight is 280 g/mol. The van der Waals surface area contributed by atoms with Crippen molar-refractivity contribution < 1.29 is 14.8 Å². The van der Waals surface area contributed by atoms with Crippen molar-refractivity contribution in [3.05, 3.63) is 33.9 Å². The van der Waals surface area contributed by atoms with E-state index in [9.17, 15) is 20.0 Å². The van der Waals surface area contributed by atoms with E-state index in [4.69, 9.17) is 5.84 Å². The summed E-state index contributed by atoms with van der Waals surface area (Å²) < 4.78 is 0. The Labute approximate surface area is 115 Å². The average Bonchev–Trinajstić information content (AvgIpc) is 2.77. The first-order valence-electron chi connectivity index (χ1n) is 6.11. The number of carbonyl (C=O) groups is 1. The fourth-order valence-electron chi connectivity index (χ4n) is 2.24. The van der Waals surface area contributed by atoms with E-state index in [0.717, 1.165) is 0 Å². The molecule has 2 rings (SSSR count). The molecule has 1 aliphatic rings. The highest BCUT2D eigenvalue weighted by atomic mass is 16.6. The number of hydrazine groups is 1. The number of rotatable bonds is 3. The molecule has 1 unspecified atom stereocenters. The Kier molecular flexibility index (Phi) is 3.60. The summed E-state index contributed by atoms with van der Waals surface area (Å²) in [6.07, 6.45) is 0.508. The maximum atomic E-state index is 12.3. The number of nitrogen functional groups attached to an aromatic ring is 1. The van der Waals surface area contributed by atoms with Crippen LogP contribution in [0.15, 0.2) is 18.2 Å². The van der Waals surface area contributed by atoms with Gasteiger partial charge in [-0.3, -0.25) is 20.8 Å². The van der Waals surface area contributed by atoms with Crippen molar-refractivity contribution in [3.63, 3.8) is 0 Å². The van der Waals surface area contributed by atoms with E-state index in [1.807, 2.05) is 0 Å². The summed E-state index contributed by atoms with van der Waals surface area (Å²) in [4.78, 5) is 24.0. The molecule has 0 spiro atoms. The molecule has 1 amide bonds. The Morgan fingerprint density at radius 1 is 1.60 bits per heavy atom. The Morgan fingerprint density at radius 2 is 2.30 bits per heavy atom. The van der Waals surface area contributed by atoms with Crippen LogP contribution in [0.1, 0.15) is 23.7 Å². The lowest BCUT2D eigenvalue weighted by Crippen LogP contribution is -2.33. The number of carbonyl (C=O) groups excluding carboxylic acids is 1. The molecule has 0 aromatic heterocycles. The number of aliphatic hydroxyl groups is 1. The van der Waals surface area contributed by atoms with Crippen molar-refractivity contribution in [2.24, 2.45) is 5.84 Å². The van der Waals surface area contributed by atoms with Gasteiger partial charge < -0.3 is 15.4 Å². The van der Waals surface area contributed by atoms with Crippen molar-refractivity contribution in [2.75, 3.05) is 18.5 Å². The van der Waals surface area contributed by atoms with Gasteiger partial charge in [0.1, 0.15) is 5.69 Å². The molecule has 1 fully saturated rings. The predicted molar refractivity (Wildman–Crippen MR) is 72.1 cm³/mol. The van der Waals surface area contributed by atoms with Crippen LogP contribution in [0.25, 0.3) is 0 Å². The van der Waals surface area contributed by atoms with Gasteiger partial charge in [0.2, 0.25) is 0 Å². The van der Waals surface area contributed by atoms with Gasteiger partial charge >= 0.3 is 0 Å². The largest absolute Gasteiger partial charge is 0.388 e. The molecule has 8 heteroatoms. The minimum atomic E-state index is -0.884. The lowest BCUT2D eigenvalue weighted by Gasteiger charge is -2.19. The molecule has 0 radical (unpaired) electrons. The zero-order valence-corrected chi connectivity index (χ0v) is 11.0. The third kappa shape index (κ3) is 2.70. The zero-order valence-electron chi connectivity index (χ0n) is 11.0. The quantitative estimate of drug-likeness (QED) is 0.420. The van der Waals surface area contributed by atoms with Gasteiger partial charge in [0, 0.05) is 24.7 Å². The minimum absolute atomic E-state index is 0.0757. The van der Waals surface area contributed by atoms with Crippen molar-refractivity contribution in [2.45, 2.75) is 18.9 Å². The second-order valence-electron chi connectivity index (χ2n) is 5.11. The molecule has 1 aromatic rings. The van der Waals surface area contributed by atoms with Gasteiger partial charge in [0.05, 0.1) is 10.5 Å². The Bertz CT molecular complexity index is 558. The molecule has 0 saturated carbocycles. The number of benzene rings is 1. The lowest BCUT2D eigenvalue weighted by molar-refractivity contribution is -0.384. The van der Waals surface area contributed by atoms with Gasteiger partial charge in [0.25, 0.3) is 11.6 Å². The van der Waals surface area contributed by atoms with Crippen LogP contribution in [0.2, 0.25) is 0 Å². The molecule has 1 aromatic carbocycles. The summed E-state index contributed by atoms with van der Waals surface area (Å²) in [5.74, 6) is 4.95. The second kappa shape index (κ2) is 5.06. The summed E-state index contributed by atoms with van der Waals surface area (Å²) in [5, 5.41) is 20.6. The van der Waals surface area contributed by atoms with Crippen LogP contribution in [0.4, 0.5) is 11.4 Å². The maximum absolute atomic E-state index is 12.3. The van der Waals surface area contributed by atoms with Crippen LogP contribution in [0.5, 0.6) is 0 Å². The third-order valence-electron chi connectivity index (χ3n) is 3.33. The Morgan fingerprint density at radius 3 is 2.80 bits per heavy atom. The third-order valence-corrected chi connectivity index (χ3v) is 3.33. The number of amides is 1. The van der Waals surface area contributed by atoms with Crippen molar-refractivity contribution >= 4 is 17.3 Å². The summed E-state index contributed by atoms with van der Waals surface area (Å²) >= 11 is 0. The van der Waals surface area contributed by atoms with Crippen LogP contribution in [0.3, 0.4) is 0 Å². The number of anilines is 1. The number of nitro benzene ring substituents is 1. The van der Waals surface area contributed by atoms with Gasteiger partial charge in [-0.05, 0) is 25.5 Å². The van der Waals surface area contributed by atoms with E-state index in [-0.39, 0.29) is 23.8 Å². The van der Waals surface area contributed by atoms with Gasteiger partial charge in [-0.15, -0.1) is 0 Å². The van der Waals surface area contributed by atoms with E-state index in [1.54, 1.807) is 6.92 Å². The predicted octanol–water partition coefficient (Wildman–Crippen LogP) is 0.477. The number of hydrogen-bond donors (Lipinski definition) is 3. The molecule has 1 heterocycles. The van der Waals surface area contributed by atoms with Crippen LogP contribution < -0.4 is 11.3 Å². The zero-order chi connectivity index (χ0) is 14.9. The molecule has 20 heavy (non-hydrogen) atoms. The van der Waals surface area contributed by atoms with Crippen molar-refractivity contribution in [1.82, 2.24) is 4.90 Å². The molecule has 108 valence electrons. The fourth-order valence-corrected chi connectivity index (χ4v) is 2.24. The van der Waals surface area contributed by atoms with Crippen molar-refractivity contribution in [1.29, 1.82) is 0 Å². The standard InChI is InChI=1S/C12H16N4O4/c1-12(18)4-5-15(7-12)11(17)8-2-3-10(16(19)20)9(6-8)14-13/h2-3,6,14,18H,4-5,7,13H2,1H3. The van der Waals surface area contributed by atoms with Gasteiger partial charge in [-0.25, -0.2) is 0 Å². The Hall–Kier alpha value is -2.19. The monoisotopic (exact) mass is 280 g/mol. The fraction of sp³-hybridized carbons (Fsp3) is 0.417. The number of nitro groups is 1. The lowest BCUT2D eigenvalue weighted by atomic mass is 10.1. The summed E-state index contributed by atoms with van der Waals surface area (Å²) in [7, 11) is 0. The molecule has 4 N–H and O–H groups in total. The number of β-amino-alcohol motifs (C(OH)–C–C–N with tert-alkyl or cyclic N) is 1. The highest BCUT2D eigenvalue weighted by Crippen LogP contribution is 2.27.